The van der Waals surface area contributed by atoms with Crippen molar-refractivity contribution in [2.45, 2.75) is 11.5 Å². The molecule has 0 unspecified atom stereocenters. The Kier molecular flexibility index (Phi) is 7.05. The molecule has 160 valence electrons. The van der Waals surface area contributed by atoms with E-state index in [0.717, 1.165) is 21.6 Å². The number of thioether (sulfide) groups is 1. The van der Waals surface area contributed by atoms with Crippen LogP contribution in [0.3, 0.4) is 0 Å². The molecule has 2 N–H and O–H groups in total. The van der Waals surface area contributed by atoms with Crippen molar-refractivity contribution >= 4 is 34.3 Å². The van der Waals surface area contributed by atoms with Crippen LogP contribution in [0.4, 0.5) is 0 Å². The number of fused-ring (bicyclic) bond motifs is 1. The molecule has 0 aliphatic rings. The van der Waals surface area contributed by atoms with Crippen LogP contribution < -0.4 is 15.6 Å². The van der Waals surface area contributed by atoms with Gasteiger partial charge in [-0.25, -0.2) is 0 Å². The minimum Gasteiger partial charge on any atom is -0.489 e. The normalized spacial score (nSPS) is 10.5. The highest BCUT2D eigenvalue weighted by Gasteiger charge is 2.08. The van der Waals surface area contributed by atoms with Crippen LogP contribution in [0.2, 0.25) is 0 Å². The summed E-state index contributed by atoms with van der Waals surface area (Å²) in [6.45, 7) is 0.397. The Balaban J connectivity index is 1.24. The van der Waals surface area contributed by atoms with Crippen molar-refractivity contribution in [1.82, 2.24) is 10.9 Å². The summed E-state index contributed by atoms with van der Waals surface area (Å²) in [4.78, 5) is 25.2. The van der Waals surface area contributed by atoms with E-state index < -0.39 is 0 Å². The van der Waals surface area contributed by atoms with Crippen molar-refractivity contribution in [1.29, 1.82) is 0 Å². The van der Waals surface area contributed by atoms with Crippen LogP contribution >= 0.6 is 11.8 Å². The zero-order valence-corrected chi connectivity index (χ0v) is 18.1. The summed E-state index contributed by atoms with van der Waals surface area (Å²) in [5.74, 6) is 0.370. The molecule has 0 radical (unpaired) electrons. The molecule has 0 fully saturated rings. The van der Waals surface area contributed by atoms with Crippen LogP contribution in [-0.4, -0.2) is 17.6 Å². The average Bonchev–Trinajstić information content (AvgIpc) is 2.85. The smallest absolute Gasteiger partial charge is 0.269 e. The van der Waals surface area contributed by atoms with E-state index in [1.807, 2.05) is 72.8 Å². The first-order valence-electron chi connectivity index (χ1n) is 10.1. The van der Waals surface area contributed by atoms with Crippen molar-refractivity contribution in [2.75, 3.05) is 5.75 Å². The van der Waals surface area contributed by atoms with Gasteiger partial charge in [-0.1, -0.05) is 60.7 Å². The van der Waals surface area contributed by atoms with Gasteiger partial charge in [-0.05, 0) is 52.7 Å². The lowest BCUT2D eigenvalue weighted by Gasteiger charge is -2.09. The monoisotopic (exact) mass is 442 g/mol. The Morgan fingerprint density at radius 3 is 2.25 bits per heavy atom. The van der Waals surface area contributed by atoms with Crippen LogP contribution in [0, 0.1) is 0 Å². The molecule has 0 saturated carbocycles. The maximum atomic E-state index is 12.3. The molecular weight excluding hydrogens is 420 g/mol. The molecule has 4 rings (SSSR count). The van der Waals surface area contributed by atoms with E-state index >= 15 is 0 Å². The first-order valence-corrected chi connectivity index (χ1v) is 11.1. The van der Waals surface area contributed by atoms with Gasteiger partial charge in [-0.15, -0.1) is 11.8 Å². The summed E-state index contributed by atoms with van der Waals surface area (Å²) >= 11 is 1.40. The predicted molar refractivity (Wildman–Crippen MR) is 127 cm³/mol. The lowest BCUT2D eigenvalue weighted by atomic mass is 10.1. The van der Waals surface area contributed by atoms with Crippen LogP contribution in [0.5, 0.6) is 5.75 Å². The molecule has 4 aromatic carbocycles. The Labute approximate surface area is 190 Å². The second kappa shape index (κ2) is 10.5. The number of benzene rings is 4. The van der Waals surface area contributed by atoms with E-state index in [1.54, 1.807) is 12.1 Å². The number of carbonyl (C=O) groups is 2. The minimum absolute atomic E-state index is 0.218. The van der Waals surface area contributed by atoms with Crippen molar-refractivity contribution in [3.05, 3.63) is 108 Å². The molecule has 0 aliphatic carbocycles. The van der Waals surface area contributed by atoms with Gasteiger partial charge in [-0.2, -0.15) is 0 Å². The Morgan fingerprint density at radius 2 is 1.47 bits per heavy atom. The van der Waals surface area contributed by atoms with Gasteiger partial charge >= 0.3 is 0 Å². The molecular formula is C26H22N2O3S. The van der Waals surface area contributed by atoms with Crippen LogP contribution in [-0.2, 0) is 11.4 Å². The molecule has 0 bridgehead atoms. The van der Waals surface area contributed by atoms with Gasteiger partial charge < -0.3 is 4.74 Å². The van der Waals surface area contributed by atoms with E-state index in [1.165, 1.54) is 17.1 Å². The molecule has 0 aliphatic heterocycles. The number of hydrogen-bond acceptors (Lipinski definition) is 4. The topological polar surface area (TPSA) is 67.4 Å². The summed E-state index contributed by atoms with van der Waals surface area (Å²) in [6.07, 6.45) is 0. The summed E-state index contributed by atoms with van der Waals surface area (Å²) in [6, 6.07) is 30.8. The summed E-state index contributed by atoms with van der Waals surface area (Å²) in [5, 5.41) is 2.29. The number of ether oxygens (including phenoxy) is 1. The average molecular weight is 443 g/mol. The van der Waals surface area contributed by atoms with Gasteiger partial charge in [0.05, 0.1) is 5.75 Å². The van der Waals surface area contributed by atoms with E-state index in [0.29, 0.717) is 12.2 Å². The molecule has 0 atom stereocenters. The largest absolute Gasteiger partial charge is 0.489 e. The zero-order valence-electron chi connectivity index (χ0n) is 17.3. The van der Waals surface area contributed by atoms with Gasteiger partial charge in [0.1, 0.15) is 12.4 Å². The zero-order chi connectivity index (χ0) is 22.2. The third kappa shape index (κ3) is 5.89. The maximum Gasteiger partial charge on any atom is 0.269 e. The van der Waals surface area contributed by atoms with E-state index in [2.05, 4.69) is 23.0 Å². The SMILES string of the molecule is O=C(CSc1ccccc1)NNC(=O)c1ccc(COc2ccc3ccccc3c2)cc1. The lowest BCUT2D eigenvalue weighted by molar-refractivity contribution is -0.119. The van der Waals surface area contributed by atoms with Crippen molar-refractivity contribution in [3.63, 3.8) is 0 Å². The number of nitrogens with one attached hydrogen (secondary N) is 2. The molecule has 4 aromatic rings. The first kappa shape index (κ1) is 21.5. The van der Waals surface area contributed by atoms with Gasteiger partial charge in [-0.3, -0.25) is 20.4 Å². The van der Waals surface area contributed by atoms with Crippen molar-refractivity contribution in [3.8, 4) is 5.75 Å². The van der Waals surface area contributed by atoms with Gasteiger partial charge in [0.15, 0.2) is 0 Å². The van der Waals surface area contributed by atoms with Gasteiger partial charge in [0, 0.05) is 10.5 Å². The third-order valence-electron chi connectivity index (χ3n) is 4.77. The van der Waals surface area contributed by atoms with Crippen LogP contribution in [0.25, 0.3) is 10.8 Å². The number of hydrogen-bond donors (Lipinski definition) is 2. The fourth-order valence-corrected chi connectivity index (χ4v) is 3.80. The second-order valence-electron chi connectivity index (χ2n) is 7.10. The minimum atomic E-state index is -0.370. The molecule has 32 heavy (non-hydrogen) atoms. The van der Waals surface area contributed by atoms with E-state index in [4.69, 9.17) is 4.74 Å². The Bertz CT molecular complexity index is 1210. The maximum absolute atomic E-state index is 12.3. The standard InChI is InChI=1S/C26H22N2O3S/c29-25(18-32-24-8-2-1-3-9-24)27-28-26(30)21-12-10-19(11-13-21)17-31-23-15-14-20-6-4-5-7-22(20)16-23/h1-16H,17-18H2,(H,27,29)(H,28,30). The quantitative estimate of drug-likeness (QED) is 0.313. The number of rotatable bonds is 7. The lowest BCUT2D eigenvalue weighted by Crippen LogP contribution is -2.42. The number of hydrazine groups is 1. The fraction of sp³-hybridized carbons (Fsp3) is 0.0769. The van der Waals surface area contributed by atoms with E-state index in [9.17, 15) is 9.59 Å². The molecule has 5 nitrogen and oxygen atoms in total. The van der Waals surface area contributed by atoms with Gasteiger partial charge in [0.25, 0.3) is 5.91 Å². The highest BCUT2D eigenvalue weighted by Crippen LogP contribution is 2.21. The van der Waals surface area contributed by atoms with Crippen LogP contribution in [0.15, 0.2) is 102 Å². The summed E-state index contributed by atoms with van der Waals surface area (Å²) in [7, 11) is 0. The first-order chi connectivity index (χ1) is 15.7. The van der Waals surface area contributed by atoms with Gasteiger partial charge in [0.2, 0.25) is 5.91 Å². The molecule has 2 amide bonds. The molecule has 0 aromatic heterocycles. The molecule has 6 heteroatoms. The predicted octanol–water partition coefficient (Wildman–Crippen LogP) is 4.97. The second-order valence-corrected chi connectivity index (χ2v) is 8.15. The highest BCUT2D eigenvalue weighted by atomic mass is 32.2. The molecule has 0 saturated heterocycles. The van der Waals surface area contributed by atoms with Crippen LogP contribution in [0.1, 0.15) is 15.9 Å². The van der Waals surface area contributed by atoms with E-state index in [-0.39, 0.29) is 17.6 Å². The Hall–Kier alpha value is -3.77. The highest BCUT2D eigenvalue weighted by molar-refractivity contribution is 8.00. The number of carbonyl (C=O) groups excluding carboxylic acids is 2. The van der Waals surface area contributed by atoms with Crippen molar-refractivity contribution in [2.24, 2.45) is 0 Å². The third-order valence-corrected chi connectivity index (χ3v) is 5.78. The Morgan fingerprint density at radius 1 is 0.750 bits per heavy atom. The summed E-state index contributed by atoms with van der Waals surface area (Å²) in [5.41, 5.74) is 6.29. The molecule has 0 heterocycles. The fourth-order valence-electron chi connectivity index (χ4n) is 3.08. The number of amides is 2. The van der Waals surface area contributed by atoms with Crippen molar-refractivity contribution < 1.29 is 14.3 Å². The molecule has 0 spiro atoms. The summed E-state index contributed by atoms with van der Waals surface area (Å²) < 4.78 is 5.88.